The SMILES string of the molecule is COc1ccc(-c2nc(C(=O)c3cccs3)n(C(=O)c3cccs3)c2-c2ccc(OC)cc2)cc1. The van der Waals surface area contributed by atoms with Crippen molar-refractivity contribution in [2.24, 2.45) is 0 Å². The molecule has 0 atom stereocenters. The Kier molecular flexibility index (Phi) is 6.31. The van der Waals surface area contributed by atoms with Gasteiger partial charge in [-0.25, -0.2) is 4.98 Å². The zero-order valence-electron chi connectivity index (χ0n) is 18.9. The molecule has 3 heterocycles. The average molecular weight is 501 g/mol. The lowest BCUT2D eigenvalue weighted by molar-refractivity contribution is 0.0936. The molecule has 0 bridgehead atoms. The van der Waals surface area contributed by atoms with Gasteiger partial charge in [-0.2, -0.15) is 0 Å². The number of benzene rings is 2. The molecule has 0 unspecified atom stereocenters. The zero-order chi connectivity index (χ0) is 24.4. The summed E-state index contributed by atoms with van der Waals surface area (Å²) in [4.78, 5) is 33.2. The fourth-order valence-corrected chi connectivity index (χ4v) is 5.08. The molecule has 0 saturated heterocycles. The summed E-state index contributed by atoms with van der Waals surface area (Å²) in [6.07, 6.45) is 0. The molecule has 2 aromatic carbocycles. The number of nitrogens with zero attached hydrogens (tertiary/aromatic N) is 2. The Bertz CT molecular complexity index is 1470. The van der Waals surface area contributed by atoms with Gasteiger partial charge >= 0.3 is 0 Å². The molecule has 0 saturated carbocycles. The number of ether oxygens (including phenoxy) is 2. The summed E-state index contributed by atoms with van der Waals surface area (Å²) >= 11 is 2.64. The molecule has 174 valence electrons. The lowest BCUT2D eigenvalue weighted by atomic mass is 10.0. The van der Waals surface area contributed by atoms with Crippen molar-refractivity contribution >= 4 is 34.4 Å². The summed E-state index contributed by atoms with van der Waals surface area (Å²) in [6, 6.07) is 21.9. The fraction of sp³-hybridized carbons (Fsp3) is 0.0741. The summed E-state index contributed by atoms with van der Waals surface area (Å²) < 4.78 is 12.1. The van der Waals surface area contributed by atoms with Gasteiger partial charge in [-0.05, 0) is 71.4 Å². The van der Waals surface area contributed by atoms with Crippen molar-refractivity contribution in [3.05, 3.63) is 99.1 Å². The molecule has 3 aromatic heterocycles. The Morgan fingerprint density at radius 3 is 1.80 bits per heavy atom. The van der Waals surface area contributed by atoms with Gasteiger partial charge < -0.3 is 9.47 Å². The lowest BCUT2D eigenvalue weighted by Gasteiger charge is -2.11. The Hall–Kier alpha value is -4.01. The van der Waals surface area contributed by atoms with E-state index in [-0.39, 0.29) is 17.5 Å². The van der Waals surface area contributed by atoms with Crippen molar-refractivity contribution in [2.75, 3.05) is 14.2 Å². The topological polar surface area (TPSA) is 70.4 Å². The molecular formula is C27H20N2O4S2. The molecule has 0 aliphatic carbocycles. The standard InChI is InChI=1S/C27H20N2O4S2/c1-32-19-11-7-17(8-12-19)23-24(18-9-13-20(33-2)14-10-18)29(27(31)22-6-4-16-35-22)26(28-23)25(30)21-5-3-15-34-21/h3-16H,1-2H3. The van der Waals surface area contributed by atoms with E-state index in [1.807, 2.05) is 65.4 Å². The molecule has 5 rings (SSSR count). The Morgan fingerprint density at radius 1 is 0.743 bits per heavy atom. The van der Waals surface area contributed by atoms with E-state index >= 15 is 0 Å². The largest absolute Gasteiger partial charge is 0.497 e. The van der Waals surface area contributed by atoms with Gasteiger partial charge in [0.15, 0.2) is 5.82 Å². The molecule has 0 aliphatic heterocycles. The predicted molar refractivity (Wildman–Crippen MR) is 138 cm³/mol. The van der Waals surface area contributed by atoms with Crippen LogP contribution in [-0.4, -0.2) is 35.5 Å². The van der Waals surface area contributed by atoms with Crippen LogP contribution in [0.5, 0.6) is 11.5 Å². The number of carbonyl (C=O) groups excluding carboxylic acids is 2. The lowest BCUT2D eigenvalue weighted by Crippen LogP contribution is -2.19. The van der Waals surface area contributed by atoms with E-state index in [1.165, 1.54) is 27.2 Å². The average Bonchev–Trinajstić information content (AvgIpc) is 3.69. The van der Waals surface area contributed by atoms with Gasteiger partial charge in [0.05, 0.1) is 35.4 Å². The summed E-state index contributed by atoms with van der Waals surface area (Å²) in [6.45, 7) is 0. The minimum absolute atomic E-state index is 0.0717. The minimum Gasteiger partial charge on any atom is -0.497 e. The minimum atomic E-state index is -0.307. The second-order valence-electron chi connectivity index (χ2n) is 7.51. The van der Waals surface area contributed by atoms with Crippen molar-refractivity contribution in [3.8, 4) is 34.0 Å². The molecule has 0 N–H and O–H groups in total. The number of methoxy groups -OCH3 is 2. The molecule has 8 heteroatoms. The maximum absolute atomic E-state index is 13.8. The fourth-order valence-electron chi connectivity index (χ4n) is 3.76. The number of ketones is 1. The first-order valence-corrected chi connectivity index (χ1v) is 12.4. The quantitative estimate of drug-likeness (QED) is 0.246. The zero-order valence-corrected chi connectivity index (χ0v) is 20.6. The van der Waals surface area contributed by atoms with Gasteiger partial charge in [0.25, 0.3) is 5.91 Å². The number of thiophene rings is 2. The third-order valence-electron chi connectivity index (χ3n) is 5.49. The Balaban J connectivity index is 1.80. The van der Waals surface area contributed by atoms with Gasteiger partial charge in [-0.15, -0.1) is 22.7 Å². The maximum atomic E-state index is 13.8. The normalized spacial score (nSPS) is 10.8. The summed E-state index contributed by atoms with van der Waals surface area (Å²) in [5.74, 6) is 0.842. The number of hydrogen-bond donors (Lipinski definition) is 0. The molecule has 0 radical (unpaired) electrons. The number of rotatable bonds is 7. The molecule has 0 amide bonds. The van der Waals surface area contributed by atoms with E-state index < -0.39 is 0 Å². The molecule has 6 nitrogen and oxygen atoms in total. The van der Waals surface area contributed by atoms with Crippen LogP contribution in [0, 0.1) is 0 Å². The van der Waals surface area contributed by atoms with Crippen LogP contribution in [0.2, 0.25) is 0 Å². The molecule has 0 fully saturated rings. The first kappa shape index (κ1) is 22.8. The predicted octanol–water partition coefficient (Wildman–Crippen LogP) is 6.28. The van der Waals surface area contributed by atoms with Crippen molar-refractivity contribution in [2.45, 2.75) is 0 Å². The van der Waals surface area contributed by atoms with Gasteiger partial charge in [0.1, 0.15) is 11.5 Å². The summed E-state index contributed by atoms with van der Waals surface area (Å²) in [5.41, 5.74) is 2.56. The van der Waals surface area contributed by atoms with Gasteiger partial charge in [-0.1, -0.05) is 12.1 Å². The highest BCUT2D eigenvalue weighted by Gasteiger charge is 2.30. The smallest absolute Gasteiger partial charge is 0.274 e. The molecular weight excluding hydrogens is 480 g/mol. The first-order valence-electron chi connectivity index (χ1n) is 10.7. The number of carbonyl (C=O) groups is 2. The summed E-state index contributed by atoms with van der Waals surface area (Å²) in [5, 5.41) is 3.67. The Labute approximate surface area is 210 Å². The van der Waals surface area contributed by atoms with E-state index in [0.717, 1.165) is 11.1 Å². The number of aromatic nitrogens is 2. The first-order chi connectivity index (χ1) is 17.1. The molecule has 5 aromatic rings. The number of hydrogen-bond acceptors (Lipinski definition) is 7. The van der Waals surface area contributed by atoms with Crippen LogP contribution in [0.3, 0.4) is 0 Å². The van der Waals surface area contributed by atoms with Gasteiger partial charge in [0, 0.05) is 11.1 Å². The van der Waals surface area contributed by atoms with Crippen molar-refractivity contribution in [3.63, 3.8) is 0 Å². The van der Waals surface area contributed by atoms with Crippen molar-refractivity contribution in [1.82, 2.24) is 9.55 Å². The van der Waals surface area contributed by atoms with Crippen LogP contribution < -0.4 is 9.47 Å². The van der Waals surface area contributed by atoms with E-state index in [0.29, 0.717) is 32.6 Å². The highest BCUT2D eigenvalue weighted by molar-refractivity contribution is 7.12. The third-order valence-corrected chi connectivity index (χ3v) is 7.21. The Morgan fingerprint density at radius 2 is 1.29 bits per heavy atom. The van der Waals surface area contributed by atoms with Crippen LogP contribution >= 0.6 is 22.7 Å². The van der Waals surface area contributed by atoms with Crippen molar-refractivity contribution in [1.29, 1.82) is 0 Å². The van der Waals surface area contributed by atoms with Crippen LogP contribution in [0.1, 0.15) is 25.2 Å². The maximum Gasteiger partial charge on any atom is 0.274 e. The number of imidazole rings is 1. The highest BCUT2D eigenvalue weighted by Crippen LogP contribution is 2.36. The second-order valence-corrected chi connectivity index (χ2v) is 9.41. The van der Waals surface area contributed by atoms with Crippen LogP contribution in [0.25, 0.3) is 22.5 Å². The van der Waals surface area contributed by atoms with E-state index in [4.69, 9.17) is 14.5 Å². The van der Waals surface area contributed by atoms with E-state index in [2.05, 4.69) is 0 Å². The van der Waals surface area contributed by atoms with Crippen LogP contribution in [-0.2, 0) is 0 Å². The van der Waals surface area contributed by atoms with Gasteiger partial charge in [0.2, 0.25) is 5.78 Å². The van der Waals surface area contributed by atoms with Crippen LogP contribution in [0.4, 0.5) is 0 Å². The van der Waals surface area contributed by atoms with Gasteiger partial charge in [-0.3, -0.25) is 14.2 Å². The third kappa shape index (κ3) is 4.29. The summed E-state index contributed by atoms with van der Waals surface area (Å²) in [7, 11) is 3.20. The molecule has 0 spiro atoms. The van der Waals surface area contributed by atoms with Crippen molar-refractivity contribution < 1.29 is 19.1 Å². The monoisotopic (exact) mass is 500 g/mol. The molecule has 0 aliphatic rings. The van der Waals surface area contributed by atoms with E-state index in [9.17, 15) is 9.59 Å². The molecule has 35 heavy (non-hydrogen) atoms. The second kappa shape index (κ2) is 9.69. The van der Waals surface area contributed by atoms with Crippen LogP contribution in [0.15, 0.2) is 83.6 Å². The highest BCUT2D eigenvalue weighted by atomic mass is 32.1. The van der Waals surface area contributed by atoms with E-state index in [1.54, 1.807) is 32.4 Å².